The lowest BCUT2D eigenvalue weighted by Gasteiger charge is -2.17. The number of anilines is 1. The minimum Gasteiger partial charge on any atom is -0.357 e. The molecule has 1 aromatic heterocycles. The molecular formula is C16H20N4OS2. The van der Waals surface area contributed by atoms with Gasteiger partial charge >= 0.3 is 0 Å². The van der Waals surface area contributed by atoms with Crippen LogP contribution in [0.2, 0.25) is 0 Å². The van der Waals surface area contributed by atoms with Gasteiger partial charge in [-0.05, 0) is 19.4 Å². The quantitative estimate of drug-likeness (QED) is 0.565. The second kappa shape index (κ2) is 8.69. The number of amides is 1. The van der Waals surface area contributed by atoms with Crippen LogP contribution in [-0.4, -0.2) is 27.9 Å². The molecule has 2 unspecified atom stereocenters. The van der Waals surface area contributed by atoms with Crippen molar-refractivity contribution in [2.75, 3.05) is 11.9 Å². The first kappa shape index (κ1) is 17.5. The summed E-state index contributed by atoms with van der Waals surface area (Å²) in [4.78, 5) is 12.3. The number of benzene rings is 1. The lowest BCUT2D eigenvalue weighted by molar-refractivity contribution is -0.120. The van der Waals surface area contributed by atoms with Gasteiger partial charge in [0, 0.05) is 6.54 Å². The first-order valence-corrected chi connectivity index (χ1v) is 9.00. The highest BCUT2D eigenvalue weighted by Crippen LogP contribution is 2.29. The molecule has 2 rings (SSSR count). The summed E-state index contributed by atoms with van der Waals surface area (Å²) in [6.45, 7) is 8.14. The monoisotopic (exact) mass is 348 g/mol. The van der Waals surface area contributed by atoms with Gasteiger partial charge in [-0.3, -0.25) is 4.79 Å². The molecule has 7 heteroatoms. The third kappa shape index (κ3) is 5.37. The summed E-state index contributed by atoms with van der Waals surface area (Å²) in [5, 5.41) is 14.7. The molecule has 2 N–H and O–H groups in total. The Morgan fingerprint density at radius 2 is 2.09 bits per heavy atom. The van der Waals surface area contributed by atoms with Crippen LogP contribution in [0.5, 0.6) is 0 Å². The maximum Gasteiger partial charge on any atom is 0.233 e. The van der Waals surface area contributed by atoms with E-state index in [-0.39, 0.29) is 17.2 Å². The van der Waals surface area contributed by atoms with Crippen molar-refractivity contribution in [3.05, 3.63) is 48.6 Å². The number of nitrogens with zero attached hydrogens (tertiary/aromatic N) is 2. The Kier molecular flexibility index (Phi) is 6.61. The van der Waals surface area contributed by atoms with E-state index in [1.54, 1.807) is 6.08 Å². The summed E-state index contributed by atoms with van der Waals surface area (Å²) in [6, 6.07) is 9.88. The van der Waals surface area contributed by atoms with Crippen molar-refractivity contribution in [1.29, 1.82) is 0 Å². The number of aromatic nitrogens is 2. The summed E-state index contributed by atoms with van der Waals surface area (Å²) in [6.07, 6.45) is 1.76. The molecule has 2 aromatic rings. The van der Waals surface area contributed by atoms with Crippen LogP contribution in [0.4, 0.5) is 5.13 Å². The number of nitrogens with one attached hydrogen (secondary N) is 2. The zero-order chi connectivity index (χ0) is 16.7. The van der Waals surface area contributed by atoms with Gasteiger partial charge in [0.25, 0.3) is 0 Å². The molecule has 0 aliphatic rings. The van der Waals surface area contributed by atoms with Crippen LogP contribution in [0.15, 0.2) is 47.3 Å². The normalized spacial score (nSPS) is 13.1. The van der Waals surface area contributed by atoms with E-state index in [0.717, 1.165) is 15.0 Å². The molecule has 0 aliphatic heterocycles. The fourth-order valence-electron chi connectivity index (χ4n) is 1.85. The van der Waals surface area contributed by atoms with E-state index in [1.165, 1.54) is 23.1 Å². The van der Waals surface area contributed by atoms with Crippen LogP contribution in [0.1, 0.15) is 25.5 Å². The summed E-state index contributed by atoms with van der Waals surface area (Å²) in [5.74, 6) is -0.0119. The van der Waals surface area contributed by atoms with Gasteiger partial charge in [-0.15, -0.1) is 16.8 Å². The van der Waals surface area contributed by atoms with Gasteiger partial charge in [0.05, 0.1) is 11.3 Å². The van der Waals surface area contributed by atoms with E-state index in [4.69, 9.17) is 0 Å². The molecule has 1 amide bonds. The third-order valence-electron chi connectivity index (χ3n) is 3.11. The molecular weight excluding hydrogens is 328 g/mol. The molecule has 1 heterocycles. The molecule has 23 heavy (non-hydrogen) atoms. The predicted molar refractivity (Wildman–Crippen MR) is 96.9 cm³/mol. The average Bonchev–Trinajstić information content (AvgIpc) is 3.01. The van der Waals surface area contributed by atoms with Crippen molar-refractivity contribution in [3.63, 3.8) is 0 Å². The zero-order valence-electron chi connectivity index (χ0n) is 13.2. The van der Waals surface area contributed by atoms with Gasteiger partial charge in [0.15, 0.2) is 4.34 Å². The fraction of sp³-hybridized carbons (Fsp3) is 0.312. The molecule has 1 aromatic carbocycles. The number of thioether (sulfide) groups is 1. The Labute approximate surface area is 144 Å². The summed E-state index contributed by atoms with van der Waals surface area (Å²) >= 11 is 2.85. The van der Waals surface area contributed by atoms with Crippen molar-refractivity contribution in [1.82, 2.24) is 15.5 Å². The molecule has 0 radical (unpaired) electrons. The van der Waals surface area contributed by atoms with Crippen LogP contribution in [0.3, 0.4) is 0 Å². The number of hydrogen-bond donors (Lipinski definition) is 2. The van der Waals surface area contributed by atoms with Crippen LogP contribution < -0.4 is 10.6 Å². The van der Waals surface area contributed by atoms with Gasteiger partial charge in [-0.1, -0.05) is 59.5 Å². The molecule has 0 bridgehead atoms. The SMILES string of the molecule is C=CCNc1nnc(SC(C)C(=O)NC(C)c2ccccc2)s1. The number of carbonyl (C=O) groups excluding carboxylic acids is 1. The van der Waals surface area contributed by atoms with Crippen molar-refractivity contribution in [2.45, 2.75) is 29.5 Å². The number of hydrogen-bond acceptors (Lipinski definition) is 6. The predicted octanol–water partition coefficient (Wildman–Crippen LogP) is 3.49. The highest BCUT2D eigenvalue weighted by Gasteiger charge is 2.19. The van der Waals surface area contributed by atoms with Gasteiger partial charge < -0.3 is 10.6 Å². The Balaban J connectivity index is 1.87. The maximum absolute atomic E-state index is 12.3. The van der Waals surface area contributed by atoms with Crippen molar-refractivity contribution in [3.8, 4) is 0 Å². The van der Waals surface area contributed by atoms with Crippen LogP contribution in [-0.2, 0) is 4.79 Å². The molecule has 0 aliphatic carbocycles. The zero-order valence-corrected chi connectivity index (χ0v) is 14.8. The first-order valence-electron chi connectivity index (χ1n) is 7.30. The fourth-order valence-corrected chi connectivity index (χ4v) is 3.76. The lowest BCUT2D eigenvalue weighted by Crippen LogP contribution is -2.33. The summed E-state index contributed by atoms with van der Waals surface area (Å²) in [5.41, 5.74) is 1.09. The van der Waals surface area contributed by atoms with E-state index in [9.17, 15) is 4.79 Å². The Hall–Kier alpha value is -1.86. The van der Waals surface area contributed by atoms with Gasteiger partial charge in [-0.25, -0.2) is 0 Å². The molecule has 5 nitrogen and oxygen atoms in total. The maximum atomic E-state index is 12.3. The average molecular weight is 348 g/mol. The van der Waals surface area contributed by atoms with Gasteiger partial charge in [0.1, 0.15) is 0 Å². The van der Waals surface area contributed by atoms with Gasteiger partial charge in [-0.2, -0.15) is 0 Å². The Morgan fingerprint density at radius 3 is 2.78 bits per heavy atom. The number of carbonyl (C=O) groups is 1. The Bertz CT molecular complexity index is 645. The molecule has 122 valence electrons. The topological polar surface area (TPSA) is 66.9 Å². The first-order chi connectivity index (χ1) is 11.1. The van der Waals surface area contributed by atoms with E-state index in [1.807, 2.05) is 44.2 Å². The largest absolute Gasteiger partial charge is 0.357 e. The smallest absolute Gasteiger partial charge is 0.233 e. The van der Waals surface area contributed by atoms with Gasteiger partial charge in [0.2, 0.25) is 11.0 Å². The Morgan fingerprint density at radius 1 is 1.35 bits per heavy atom. The second-order valence-corrected chi connectivity index (χ2v) is 7.51. The minimum absolute atomic E-state index is 0.0119. The molecule has 0 fully saturated rings. The van der Waals surface area contributed by atoms with E-state index < -0.39 is 0 Å². The molecule has 0 saturated heterocycles. The van der Waals surface area contributed by atoms with Crippen molar-refractivity contribution < 1.29 is 4.79 Å². The highest BCUT2D eigenvalue weighted by atomic mass is 32.2. The third-order valence-corrected chi connectivity index (χ3v) is 5.17. The minimum atomic E-state index is -0.235. The lowest BCUT2D eigenvalue weighted by atomic mass is 10.1. The van der Waals surface area contributed by atoms with Crippen LogP contribution in [0.25, 0.3) is 0 Å². The molecule has 2 atom stereocenters. The van der Waals surface area contributed by atoms with E-state index >= 15 is 0 Å². The molecule has 0 spiro atoms. The molecule has 0 saturated carbocycles. The van der Waals surface area contributed by atoms with Crippen LogP contribution >= 0.6 is 23.1 Å². The number of rotatable bonds is 8. The summed E-state index contributed by atoms with van der Waals surface area (Å²) in [7, 11) is 0. The highest BCUT2D eigenvalue weighted by molar-refractivity contribution is 8.02. The van der Waals surface area contributed by atoms with Crippen molar-refractivity contribution in [2.24, 2.45) is 0 Å². The van der Waals surface area contributed by atoms with E-state index in [0.29, 0.717) is 6.54 Å². The van der Waals surface area contributed by atoms with Crippen LogP contribution in [0, 0.1) is 0 Å². The standard InChI is InChI=1S/C16H20N4OS2/c1-4-10-17-15-19-20-16(23-15)22-12(3)14(21)18-11(2)13-8-6-5-7-9-13/h4-9,11-12H,1,10H2,2-3H3,(H,17,19)(H,18,21). The van der Waals surface area contributed by atoms with Crippen molar-refractivity contribution >= 4 is 34.1 Å². The second-order valence-electron chi connectivity index (χ2n) is 4.94. The summed E-state index contributed by atoms with van der Waals surface area (Å²) < 4.78 is 0.770. The van der Waals surface area contributed by atoms with E-state index in [2.05, 4.69) is 27.4 Å².